The van der Waals surface area contributed by atoms with Crippen molar-refractivity contribution >= 4 is 27.5 Å². The molecule has 3 N–H and O–H groups in total. The molecular weight excluding hydrogens is 414 g/mol. The highest BCUT2D eigenvalue weighted by molar-refractivity contribution is 7.92. The number of nitrogens with two attached hydrogens (primary N) is 1. The summed E-state index contributed by atoms with van der Waals surface area (Å²) in [5.41, 5.74) is 7.85. The van der Waals surface area contributed by atoms with Crippen LogP contribution in [0.5, 0.6) is 0 Å². The van der Waals surface area contributed by atoms with E-state index in [1.54, 1.807) is 30.0 Å². The third-order valence-electron chi connectivity index (χ3n) is 5.66. The van der Waals surface area contributed by atoms with Gasteiger partial charge in [0.15, 0.2) is 0 Å². The minimum Gasteiger partial charge on any atom is -0.370 e. The first-order valence-electron chi connectivity index (χ1n) is 10.4. The summed E-state index contributed by atoms with van der Waals surface area (Å²) in [5, 5.41) is 0. The minimum atomic E-state index is -3.83. The number of benzene rings is 2. The summed E-state index contributed by atoms with van der Waals surface area (Å²) < 4.78 is 28.3. The zero-order chi connectivity index (χ0) is 22.6. The Morgan fingerprint density at radius 2 is 1.84 bits per heavy atom. The van der Waals surface area contributed by atoms with Gasteiger partial charge in [-0.25, -0.2) is 8.42 Å². The summed E-state index contributed by atoms with van der Waals surface area (Å²) in [6, 6.07) is 11.7. The fourth-order valence-electron chi connectivity index (χ4n) is 3.84. The summed E-state index contributed by atoms with van der Waals surface area (Å²) in [6.45, 7) is 4.88. The molecule has 1 heterocycles. The number of aryl methyl sites for hydroxylation is 2. The van der Waals surface area contributed by atoms with Gasteiger partial charge in [0.25, 0.3) is 15.9 Å². The maximum Gasteiger partial charge on any atom is 0.261 e. The molecule has 0 saturated carbocycles. The lowest BCUT2D eigenvalue weighted by Crippen LogP contribution is -2.40. The highest BCUT2D eigenvalue weighted by Crippen LogP contribution is 2.25. The summed E-state index contributed by atoms with van der Waals surface area (Å²) in [5.74, 6) is -0.299. The maximum absolute atomic E-state index is 13.2. The van der Waals surface area contributed by atoms with E-state index in [0.29, 0.717) is 37.2 Å². The van der Waals surface area contributed by atoms with Crippen LogP contribution in [0.1, 0.15) is 47.2 Å². The number of nitrogens with zero attached hydrogens (tertiary/aromatic N) is 1. The van der Waals surface area contributed by atoms with Crippen LogP contribution in [0.2, 0.25) is 0 Å². The number of carbonyl (C=O) groups is 2. The highest BCUT2D eigenvalue weighted by Gasteiger charge is 2.27. The van der Waals surface area contributed by atoms with Crippen LogP contribution in [-0.2, 0) is 14.8 Å². The molecule has 0 aliphatic carbocycles. The van der Waals surface area contributed by atoms with Crippen LogP contribution >= 0.6 is 0 Å². The van der Waals surface area contributed by atoms with E-state index in [0.717, 1.165) is 24.0 Å². The van der Waals surface area contributed by atoms with Gasteiger partial charge in [0, 0.05) is 30.8 Å². The van der Waals surface area contributed by atoms with E-state index in [9.17, 15) is 18.0 Å². The van der Waals surface area contributed by atoms with Crippen molar-refractivity contribution < 1.29 is 18.0 Å². The number of primary amides is 1. The highest BCUT2D eigenvalue weighted by atomic mass is 32.2. The van der Waals surface area contributed by atoms with Gasteiger partial charge in [-0.2, -0.15) is 0 Å². The Labute approximate surface area is 183 Å². The first-order valence-corrected chi connectivity index (χ1v) is 11.9. The Balaban J connectivity index is 1.79. The molecule has 3 rings (SSSR count). The van der Waals surface area contributed by atoms with Gasteiger partial charge < -0.3 is 10.6 Å². The SMILES string of the molecule is Cc1ccc(NS(=O)(=O)c2ccc(C)c(C(=O)N3CCCC(CCC(N)=O)C3)c2)cc1. The van der Waals surface area contributed by atoms with Crippen molar-refractivity contribution in [2.24, 2.45) is 11.7 Å². The molecule has 166 valence electrons. The Morgan fingerprint density at radius 3 is 2.52 bits per heavy atom. The number of hydrogen-bond donors (Lipinski definition) is 2. The Hall–Kier alpha value is -2.87. The lowest BCUT2D eigenvalue weighted by atomic mass is 9.92. The quantitative estimate of drug-likeness (QED) is 0.685. The van der Waals surface area contributed by atoms with Crippen molar-refractivity contribution in [3.05, 3.63) is 59.2 Å². The van der Waals surface area contributed by atoms with Crippen LogP contribution in [0.3, 0.4) is 0 Å². The Kier molecular flexibility index (Phi) is 7.00. The van der Waals surface area contributed by atoms with E-state index in [4.69, 9.17) is 5.73 Å². The third-order valence-corrected chi connectivity index (χ3v) is 7.04. The second-order valence-corrected chi connectivity index (χ2v) is 9.90. The summed E-state index contributed by atoms with van der Waals surface area (Å²) in [6.07, 6.45) is 2.77. The van der Waals surface area contributed by atoms with Crippen molar-refractivity contribution in [3.8, 4) is 0 Å². The lowest BCUT2D eigenvalue weighted by molar-refractivity contribution is -0.118. The number of carbonyl (C=O) groups excluding carboxylic acids is 2. The molecule has 0 bridgehead atoms. The second kappa shape index (κ2) is 9.51. The van der Waals surface area contributed by atoms with Gasteiger partial charge in [0.1, 0.15) is 0 Å². The third kappa shape index (κ3) is 5.85. The zero-order valence-corrected chi connectivity index (χ0v) is 18.7. The van der Waals surface area contributed by atoms with Gasteiger partial charge in [-0.3, -0.25) is 14.3 Å². The Bertz CT molecular complexity index is 1060. The number of nitrogens with one attached hydrogen (secondary N) is 1. The summed E-state index contributed by atoms with van der Waals surface area (Å²) >= 11 is 0. The number of sulfonamides is 1. The van der Waals surface area contributed by atoms with Gasteiger partial charge in [0.05, 0.1) is 4.90 Å². The molecule has 0 spiro atoms. The molecule has 31 heavy (non-hydrogen) atoms. The van der Waals surface area contributed by atoms with Crippen LogP contribution < -0.4 is 10.5 Å². The summed E-state index contributed by atoms with van der Waals surface area (Å²) in [4.78, 5) is 26.1. The zero-order valence-electron chi connectivity index (χ0n) is 17.9. The molecule has 7 nitrogen and oxygen atoms in total. The predicted molar refractivity (Wildman–Crippen MR) is 120 cm³/mol. The predicted octanol–water partition coefficient (Wildman–Crippen LogP) is 3.22. The Morgan fingerprint density at radius 1 is 1.13 bits per heavy atom. The maximum atomic E-state index is 13.2. The average molecular weight is 444 g/mol. The van der Waals surface area contributed by atoms with E-state index >= 15 is 0 Å². The molecule has 2 aromatic rings. The normalized spacial score (nSPS) is 16.7. The van der Waals surface area contributed by atoms with E-state index < -0.39 is 10.0 Å². The van der Waals surface area contributed by atoms with E-state index in [2.05, 4.69) is 4.72 Å². The first kappa shape index (κ1) is 22.8. The molecule has 2 amide bonds. The fraction of sp³-hybridized carbons (Fsp3) is 0.391. The average Bonchev–Trinajstić information content (AvgIpc) is 2.73. The number of amides is 2. The number of hydrogen-bond acceptors (Lipinski definition) is 4. The van der Waals surface area contributed by atoms with Crippen molar-refractivity contribution in [2.75, 3.05) is 17.8 Å². The van der Waals surface area contributed by atoms with Gasteiger partial charge >= 0.3 is 0 Å². The molecular formula is C23H29N3O4S. The van der Waals surface area contributed by atoms with Crippen LogP contribution in [-0.4, -0.2) is 38.2 Å². The van der Waals surface area contributed by atoms with Gasteiger partial charge in [-0.1, -0.05) is 23.8 Å². The standard InChI is InChI=1S/C23H29N3O4S/c1-16-5-9-19(10-6-16)25-31(29,30)20-11-7-17(2)21(14-20)23(28)26-13-3-4-18(15-26)8-12-22(24)27/h5-7,9-11,14,18,25H,3-4,8,12-13,15H2,1-2H3,(H2,24,27). The van der Waals surface area contributed by atoms with Crippen molar-refractivity contribution in [1.82, 2.24) is 4.90 Å². The number of rotatable bonds is 7. The molecule has 1 aliphatic heterocycles. The van der Waals surface area contributed by atoms with Crippen molar-refractivity contribution in [3.63, 3.8) is 0 Å². The van der Waals surface area contributed by atoms with Gasteiger partial charge in [0.2, 0.25) is 5.91 Å². The molecule has 0 aromatic heterocycles. The van der Waals surface area contributed by atoms with Crippen molar-refractivity contribution in [1.29, 1.82) is 0 Å². The van der Waals surface area contributed by atoms with Gasteiger partial charge in [-0.05, 0) is 68.9 Å². The number of likely N-dealkylation sites (tertiary alicyclic amines) is 1. The molecule has 8 heteroatoms. The van der Waals surface area contributed by atoms with E-state index in [1.807, 2.05) is 19.1 Å². The largest absolute Gasteiger partial charge is 0.370 e. The van der Waals surface area contributed by atoms with Crippen LogP contribution in [0.4, 0.5) is 5.69 Å². The molecule has 1 unspecified atom stereocenters. The second-order valence-electron chi connectivity index (χ2n) is 8.21. The molecule has 2 aromatic carbocycles. The topological polar surface area (TPSA) is 110 Å². The monoisotopic (exact) mass is 443 g/mol. The van der Waals surface area contributed by atoms with Crippen molar-refractivity contribution in [2.45, 2.75) is 44.4 Å². The number of anilines is 1. The fourth-order valence-corrected chi connectivity index (χ4v) is 4.92. The van der Waals surface area contributed by atoms with Crippen LogP contribution in [0.25, 0.3) is 0 Å². The van der Waals surface area contributed by atoms with E-state index in [-0.39, 0.29) is 22.6 Å². The summed E-state index contributed by atoms with van der Waals surface area (Å²) in [7, 11) is -3.83. The first-order chi connectivity index (χ1) is 14.7. The van der Waals surface area contributed by atoms with Crippen LogP contribution in [0.15, 0.2) is 47.4 Å². The molecule has 1 atom stereocenters. The smallest absolute Gasteiger partial charge is 0.261 e. The minimum absolute atomic E-state index is 0.0457. The molecule has 1 fully saturated rings. The molecule has 1 aliphatic rings. The lowest BCUT2D eigenvalue weighted by Gasteiger charge is -2.33. The number of piperidine rings is 1. The molecule has 0 radical (unpaired) electrons. The van der Waals surface area contributed by atoms with Gasteiger partial charge in [-0.15, -0.1) is 0 Å². The molecule has 1 saturated heterocycles. The van der Waals surface area contributed by atoms with E-state index in [1.165, 1.54) is 12.1 Å². The van der Waals surface area contributed by atoms with Crippen LogP contribution in [0, 0.1) is 19.8 Å².